The van der Waals surface area contributed by atoms with E-state index in [1.165, 1.54) is 22.3 Å². The zero-order valence-electron chi connectivity index (χ0n) is 18.3. The molecule has 1 heterocycles. The molecule has 0 unspecified atom stereocenters. The van der Waals surface area contributed by atoms with Crippen LogP contribution >= 0.6 is 0 Å². The lowest BCUT2D eigenvalue weighted by Gasteiger charge is -2.33. The summed E-state index contributed by atoms with van der Waals surface area (Å²) < 4.78 is 11.2. The Morgan fingerprint density at radius 1 is 1.03 bits per heavy atom. The van der Waals surface area contributed by atoms with Gasteiger partial charge in [-0.3, -0.25) is 4.79 Å². The molecule has 2 aliphatic rings. The number of carbonyl (C=O) groups is 2. The highest BCUT2D eigenvalue weighted by Gasteiger charge is 2.31. The number of carboxylic acids is 1. The molecule has 1 fully saturated rings. The largest absolute Gasteiger partial charge is 0.481 e. The van der Waals surface area contributed by atoms with E-state index in [2.05, 4.69) is 29.6 Å². The maximum Gasteiger partial charge on any atom is 0.407 e. The molecule has 2 aromatic carbocycles. The first-order valence-electron chi connectivity index (χ1n) is 11.0. The second-order valence-electron chi connectivity index (χ2n) is 7.80. The quantitative estimate of drug-likeness (QED) is 0.707. The van der Waals surface area contributed by atoms with Gasteiger partial charge in [0.1, 0.15) is 6.61 Å². The minimum atomic E-state index is -0.899. The molecule has 1 aliphatic carbocycles. The fourth-order valence-corrected chi connectivity index (χ4v) is 4.50. The van der Waals surface area contributed by atoms with Crippen molar-refractivity contribution in [2.75, 3.05) is 6.61 Å². The standard InChI is InChI=1S/C23H25NO5.C2H6/c1-14-10-15(11-16(29-14)12-22(25)26)24-23(27)28-13-21-19-8-4-2-6-17(19)18-7-3-5-9-20(18)21;1-2/h2-9,14-16,21H,10-13H2,1H3,(H,24,27)(H,25,26);1-2H3/t14-,15+,16-;/m0./s1. The van der Waals surface area contributed by atoms with Crippen LogP contribution < -0.4 is 5.32 Å². The van der Waals surface area contributed by atoms with Crippen LogP contribution in [-0.4, -0.2) is 42.0 Å². The molecule has 2 N–H and O–H groups in total. The molecule has 4 rings (SSSR count). The van der Waals surface area contributed by atoms with Gasteiger partial charge in [-0.25, -0.2) is 4.79 Å². The summed E-state index contributed by atoms with van der Waals surface area (Å²) in [6.07, 6.45) is 0.0797. The Balaban J connectivity index is 0.00000132. The summed E-state index contributed by atoms with van der Waals surface area (Å²) in [6.45, 7) is 6.15. The molecule has 0 saturated carbocycles. The number of nitrogens with one attached hydrogen (secondary N) is 1. The highest BCUT2D eigenvalue weighted by atomic mass is 16.5. The van der Waals surface area contributed by atoms with Gasteiger partial charge < -0.3 is 19.9 Å². The number of carbonyl (C=O) groups excluding carboxylic acids is 1. The van der Waals surface area contributed by atoms with Crippen LogP contribution in [0.15, 0.2) is 48.5 Å². The Labute approximate surface area is 183 Å². The lowest BCUT2D eigenvalue weighted by molar-refractivity contribution is -0.143. The highest BCUT2D eigenvalue weighted by molar-refractivity contribution is 5.79. The second kappa shape index (κ2) is 10.4. The van der Waals surface area contributed by atoms with Crippen LogP contribution in [0.25, 0.3) is 11.1 Å². The van der Waals surface area contributed by atoms with E-state index in [-0.39, 0.29) is 31.1 Å². The van der Waals surface area contributed by atoms with Gasteiger partial charge in [-0.2, -0.15) is 0 Å². The maximum absolute atomic E-state index is 12.4. The third-order valence-corrected chi connectivity index (χ3v) is 5.66. The van der Waals surface area contributed by atoms with E-state index in [4.69, 9.17) is 14.6 Å². The minimum Gasteiger partial charge on any atom is -0.481 e. The number of aliphatic carboxylic acids is 1. The normalized spacial score (nSPS) is 21.8. The van der Waals surface area contributed by atoms with Crippen LogP contribution in [0, 0.1) is 0 Å². The number of ether oxygens (including phenoxy) is 2. The Morgan fingerprint density at radius 2 is 1.61 bits per heavy atom. The van der Waals surface area contributed by atoms with Crippen molar-refractivity contribution in [1.29, 1.82) is 0 Å². The monoisotopic (exact) mass is 425 g/mol. The molecule has 1 aliphatic heterocycles. The second-order valence-corrected chi connectivity index (χ2v) is 7.80. The van der Waals surface area contributed by atoms with Crippen LogP contribution in [0.1, 0.15) is 57.1 Å². The summed E-state index contributed by atoms with van der Waals surface area (Å²) in [4.78, 5) is 23.4. The van der Waals surface area contributed by atoms with Crippen molar-refractivity contribution >= 4 is 12.1 Å². The van der Waals surface area contributed by atoms with E-state index >= 15 is 0 Å². The SMILES string of the molecule is CC.C[C@H]1C[C@@H](NC(=O)OCC2c3ccccc3-c3ccccc32)C[C@@H](CC(=O)O)O1. The van der Waals surface area contributed by atoms with Crippen molar-refractivity contribution < 1.29 is 24.2 Å². The minimum absolute atomic E-state index is 0.0153. The topological polar surface area (TPSA) is 84.9 Å². The third-order valence-electron chi connectivity index (χ3n) is 5.66. The van der Waals surface area contributed by atoms with Gasteiger partial charge in [-0.15, -0.1) is 0 Å². The lowest BCUT2D eigenvalue weighted by atomic mass is 9.97. The molecule has 6 nitrogen and oxygen atoms in total. The average molecular weight is 426 g/mol. The Hall–Kier alpha value is -2.86. The first kappa shape index (κ1) is 22.8. The van der Waals surface area contributed by atoms with Crippen LogP contribution in [-0.2, 0) is 14.3 Å². The first-order chi connectivity index (χ1) is 15.0. The van der Waals surface area contributed by atoms with Crippen LogP contribution in [0.4, 0.5) is 4.79 Å². The van der Waals surface area contributed by atoms with Gasteiger partial charge in [0.05, 0.1) is 18.6 Å². The Kier molecular flexibility index (Phi) is 7.69. The predicted molar refractivity (Wildman–Crippen MR) is 119 cm³/mol. The molecule has 0 radical (unpaired) electrons. The lowest BCUT2D eigenvalue weighted by Crippen LogP contribution is -2.45. The maximum atomic E-state index is 12.4. The fourth-order valence-electron chi connectivity index (χ4n) is 4.50. The number of amides is 1. The molecule has 1 saturated heterocycles. The summed E-state index contributed by atoms with van der Waals surface area (Å²) in [5.41, 5.74) is 4.71. The molecule has 6 heteroatoms. The van der Waals surface area contributed by atoms with E-state index in [0.717, 1.165) is 0 Å². The van der Waals surface area contributed by atoms with E-state index in [0.29, 0.717) is 12.8 Å². The van der Waals surface area contributed by atoms with Crippen molar-refractivity contribution in [2.24, 2.45) is 0 Å². The smallest absolute Gasteiger partial charge is 0.407 e. The molecule has 0 spiro atoms. The van der Waals surface area contributed by atoms with Crippen molar-refractivity contribution in [1.82, 2.24) is 5.32 Å². The molecule has 2 aromatic rings. The van der Waals surface area contributed by atoms with Crippen LogP contribution in [0.3, 0.4) is 0 Å². The van der Waals surface area contributed by atoms with Gasteiger partial charge in [-0.05, 0) is 42.0 Å². The zero-order valence-corrected chi connectivity index (χ0v) is 18.3. The van der Waals surface area contributed by atoms with E-state index in [1.54, 1.807) is 0 Å². The Bertz CT molecular complexity index is 867. The first-order valence-corrected chi connectivity index (χ1v) is 11.0. The number of rotatable bonds is 5. The van der Waals surface area contributed by atoms with Gasteiger partial charge >= 0.3 is 12.1 Å². The van der Waals surface area contributed by atoms with Crippen molar-refractivity contribution in [3.63, 3.8) is 0 Å². The summed E-state index contributed by atoms with van der Waals surface area (Å²) >= 11 is 0. The molecule has 0 bridgehead atoms. The van der Waals surface area contributed by atoms with E-state index < -0.39 is 18.2 Å². The number of hydrogen-bond donors (Lipinski definition) is 2. The van der Waals surface area contributed by atoms with Gasteiger partial charge in [0.2, 0.25) is 0 Å². The molecular weight excluding hydrogens is 394 g/mol. The Morgan fingerprint density at radius 3 is 2.19 bits per heavy atom. The third kappa shape index (κ3) is 5.44. The molecule has 1 amide bonds. The molecular formula is C25H31NO5. The number of hydrogen-bond acceptors (Lipinski definition) is 4. The predicted octanol–water partition coefficient (Wildman–Crippen LogP) is 4.96. The van der Waals surface area contributed by atoms with Gasteiger partial charge in [0, 0.05) is 12.0 Å². The van der Waals surface area contributed by atoms with Crippen LogP contribution in [0.5, 0.6) is 0 Å². The molecule has 0 aromatic heterocycles. The number of alkyl carbamates (subject to hydrolysis) is 1. The van der Waals surface area contributed by atoms with E-state index in [9.17, 15) is 9.59 Å². The van der Waals surface area contributed by atoms with Crippen molar-refractivity contribution in [3.8, 4) is 11.1 Å². The average Bonchev–Trinajstić information content (AvgIpc) is 3.07. The number of fused-ring (bicyclic) bond motifs is 3. The van der Waals surface area contributed by atoms with E-state index in [1.807, 2.05) is 45.0 Å². The number of carboxylic acid groups (broad SMARTS) is 1. The number of benzene rings is 2. The van der Waals surface area contributed by atoms with Gasteiger partial charge in [0.25, 0.3) is 0 Å². The zero-order chi connectivity index (χ0) is 22.4. The van der Waals surface area contributed by atoms with Crippen molar-refractivity contribution in [3.05, 3.63) is 59.7 Å². The summed E-state index contributed by atoms with van der Waals surface area (Å²) in [6, 6.07) is 16.2. The van der Waals surface area contributed by atoms with Gasteiger partial charge in [0.15, 0.2) is 0 Å². The summed E-state index contributed by atoms with van der Waals surface area (Å²) in [7, 11) is 0. The fraction of sp³-hybridized carbons (Fsp3) is 0.440. The highest BCUT2D eigenvalue weighted by Crippen LogP contribution is 2.44. The van der Waals surface area contributed by atoms with Crippen molar-refractivity contribution in [2.45, 2.75) is 64.2 Å². The van der Waals surface area contributed by atoms with Gasteiger partial charge in [-0.1, -0.05) is 62.4 Å². The van der Waals surface area contributed by atoms with Crippen LogP contribution in [0.2, 0.25) is 0 Å². The summed E-state index contributed by atoms with van der Waals surface area (Å²) in [5.74, 6) is -0.884. The molecule has 166 valence electrons. The molecule has 31 heavy (non-hydrogen) atoms. The molecule has 3 atom stereocenters. The summed E-state index contributed by atoms with van der Waals surface area (Å²) in [5, 5.41) is 11.9.